The molecule has 0 aromatic carbocycles. The molecule has 2 aliphatic carbocycles. The largest absolute Gasteiger partial charge is 0.453 e. The van der Waals surface area contributed by atoms with Gasteiger partial charge in [0.2, 0.25) is 0 Å². The minimum Gasteiger partial charge on any atom is -0.453 e. The molecule has 0 radical (unpaired) electrons. The van der Waals surface area contributed by atoms with Gasteiger partial charge in [0.25, 0.3) is 10.0 Å². The summed E-state index contributed by atoms with van der Waals surface area (Å²) >= 11 is 0. The van der Waals surface area contributed by atoms with E-state index in [2.05, 4.69) is 14.7 Å². The molecule has 0 spiro atoms. The van der Waals surface area contributed by atoms with Gasteiger partial charge in [-0.25, -0.2) is 27.9 Å². The van der Waals surface area contributed by atoms with E-state index in [4.69, 9.17) is 9.47 Å². The van der Waals surface area contributed by atoms with E-state index in [1.54, 1.807) is 25.4 Å². The molecule has 6 atom stereocenters. The Balaban J connectivity index is 1.41. The maximum absolute atomic E-state index is 12.9. The molecule has 178 valence electrons. The van der Waals surface area contributed by atoms with Crippen LogP contribution >= 0.6 is 0 Å². The fourth-order valence-corrected chi connectivity index (χ4v) is 6.12. The summed E-state index contributed by atoms with van der Waals surface area (Å²) in [5.74, 6) is -2.27. The van der Waals surface area contributed by atoms with Crippen molar-refractivity contribution >= 4 is 16.1 Å². The lowest BCUT2D eigenvalue weighted by Gasteiger charge is -2.32. The van der Waals surface area contributed by atoms with Gasteiger partial charge in [-0.2, -0.15) is 8.78 Å². The second kappa shape index (κ2) is 8.79. The maximum Gasteiger partial charge on any atom is 0.410 e. The molecule has 3 fully saturated rings. The van der Waals surface area contributed by atoms with E-state index < -0.39 is 34.0 Å². The summed E-state index contributed by atoms with van der Waals surface area (Å²) in [4.78, 5) is 22.5. The van der Waals surface area contributed by atoms with Gasteiger partial charge in [-0.05, 0) is 51.0 Å². The Morgan fingerprint density at radius 2 is 2.06 bits per heavy atom. The number of hydrogen-bond acceptors (Lipinski definition) is 7. The third-order valence-electron chi connectivity index (χ3n) is 7.03. The van der Waals surface area contributed by atoms with Crippen LogP contribution in [-0.2, 0) is 24.9 Å². The van der Waals surface area contributed by atoms with Crippen LogP contribution in [0, 0.1) is 5.92 Å². The Hall–Kier alpha value is -1.92. The Labute approximate surface area is 185 Å². The van der Waals surface area contributed by atoms with Crippen LogP contribution in [0.25, 0.3) is 0 Å². The first-order chi connectivity index (χ1) is 15.2. The molecule has 32 heavy (non-hydrogen) atoms. The van der Waals surface area contributed by atoms with E-state index in [-0.39, 0.29) is 30.6 Å². The number of halogens is 2. The number of likely N-dealkylation sites (tertiary alicyclic amines) is 1. The van der Waals surface area contributed by atoms with Crippen molar-refractivity contribution in [3.05, 3.63) is 24.3 Å². The normalized spacial score (nSPS) is 34.4. The molecule has 3 aliphatic rings. The highest BCUT2D eigenvalue weighted by Crippen LogP contribution is 2.61. The van der Waals surface area contributed by atoms with Gasteiger partial charge in [-0.3, -0.25) is 4.90 Å². The number of nitrogens with one attached hydrogen (secondary N) is 1. The molecule has 12 heteroatoms. The van der Waals surface area contributed by atoms with Crippen LogP contribution in [0.1, 0.15) is 44.9 Å². The van der Waals surface area contributed by atoms with Gasteiger partial charge >= 0.3 is 11.9 Å². The van der Waals surface area contributed by atoms with Crippen LogP contribution in [-0.4, -0.2) is 73.1 Å². The molecule has 1 aromatic heterocycles. The van der Waals surface area contributed by atoms with Gasteiger partial charge < -0.3 is 9.47 Å². The Morgan fingerprint density at radius 3 is 2.69 bits per heavy atom. The molecule has 2 heterocycles. The molecule has 1 N–H and O–H groups in total. The van der Waals surface area contributed by atoms with Crippen molar-refractivity contribution in [3.8, 4) is 0 Å². The van der Waals surface area contributed by atoms with Crippen LogP contribution in [0.2, 0.25) is 0 Å². The number of carbonyl (C=O) groups is 1. The fourth-order valence-electron chi connectivity index (χ4n) is 5.34. The average molecular weight is 475 g/mol. The first-order valence-corrected chi connectivity index (χ1v) is 12.3. The lowest BCUT2D eigenvalue weighted by atomic mass is 9.86. The first kappa shape index (κ1) is 23.2. The van der Waals surface area contributed by atoms with E-state index in [1.165, 1.54) is 12.0 Å². The number of nitrogens with zero attached hydrogens (tertiary/aromatic N) is 3. The average Bonchev–Trinajstić information content (AvgIpc) is 3.43. The van der Waals surface area contributed by atoms with Gasteiger partial charge in [0, 0.05) is 29.9 Å². The lowest BCUT2D eigenvalue weighted by Crippen LogP contribution is -2.51. The highest BCUT2D eigenvalue weighted by Gasteiger charge is 2.60. The number of hydrogen-bond donors (Lipinski definition) is 1. The Bertz CT molecular complexity index is 937. The highest BCUT2D eigenvalue weighted by molar-refractivity contribution is 7.89. The minimum atomic E-state index is -4.81. The maximum atomic E-state index is 12.9. The molecule has 9 nitrogen and oxygen atoms in total. The zero-order chi connectivity index (χ0) is 23.1. The smallest absolute Gasteiger partial charge is 0.410 e. The van der Waals surface area contributed by atoms with Crippen molar-refractivity contribution in [2.24, 2.45) is 5.92 Å². The SMILES string of the molecule is COC(=O)N1[C@H](C)C[C@H](NS(=O)(=O)C(F)F)[C@@H]1CO[C@@H]1CC[C@]2(c3ncccn3)C[C@@H]2C1. The van der Waals surface area contributed by atoms with Crippen molar-refractivity contribution in [2.45, 2.75) is 74.4 Å². The van der Waals surface area contributed by atoms with Crippen molar-refractivity contribution in [1.29, 1.82) is 0 Å². The molecule has 1 saturated heterocycles. The third kappa shape index (κ3) is 4.32. The number of ether oxygens (including phenoxy) is 2. The van der Waals surface area contributed by atoms with Crippen LogP contribution in [0.15, 0.2) is 18.5 Å². The van der Waals surface area contributed by atoms with Gasteiger partial charge in [0.1, 0.15) is 5.82 Å². The minimum absolute atomic E-state index is 0.0104. The van der Waals surface area contributed by atoms with Crippen LogP contribution in [0.4, 0.5) is 13.6 Å². The van der Waals surface area contributed by atoms with E-state index in [9.17, 15) is 22.0 Å². The van der Waals surface area contributed by atoms with E-state index in [1.807, 2.05) is 0 Å². The number of aromatic nitrogens is 2. The Morgan fingerprint density at radius 1 is 1.34 bits per heavy atom. The summed E-state index contributed by atoms with van der Waals surface area (Å²) in [6.07, 6.45) is 6.46. The molecule has 0 bridgehead atoms. The summed E-state index contributed by atoms with van der Waals surface area (Å²) in [6, 6.07) is -0.224. The fraction of sp³-hybridized carbons (Fsp3) is 0.750. The van der Waals surface area contributed by atoms with Crippen LogP contribution in [0.3, 0.4) is 0 Å². The van der Waals surface area contributed by atoms with Gasteiger partial charge in [0.15, 0.2) is 0 Å². The summed E-state index contributed by atoms with van der Waals surface area (Å²) in [7, 11) is -3.58. The monoisotopic (exact) mass is 474 g/mol. The molecular formula is C20H28F2N4O5S. The van der Waals surface area contributed by atoms with Crippen LogP contribution in [0.5, 0.6) is 0 Å². The number of fused-ring (bicyclic) bond motifs is 1. The second-order valence-electron chi connectivity index (χ2n) is 8.92. The molecule has 1 amide bonds. The molecule has 4 rings (SSSR count). The number of methoxy groups -OCH3 is 1. The third-order valence-corrected chi connectivity index (χ3v) is 8.13. The van der Waals surface area contributed by atoms with Crippen LogP contribution < -0.4 is 4.72 Å². The van der Waals surface area contributed by atoms with Crippen molar-refractivity contribution in [2.75, 3.05) is 13.7 Å². The van der Waals surface area contributed by atoms with Crippen molar-refractivity contribution in [1.82, 2.24) is 19.6 Å². The number of amides is 1. The summed E-state index contributed by atoms with van der Waals surface area (Å²) in [6.45, 7) is 1.75. The summed E-state index contributed by atoms with van der Waals surface area (Å²) in [5.41, 5.74) is 0.0104. The number of carbonyl (C=O) groups excluding carboxylic acids is 1. The standard InChI is InChI=1S/C20H28F2N4O5S/c1-12-8-15(25-32(28,29)18(21)22)16(26(12)19(27)30-2)11-31-14-4-5-20(10-13(20)9-14)17-23-6-3-7-24-17/h3,6-7,12-16,18,25H,4-5,8-11H2,1-2H3/t12-,13+,14-,15+,16+,20+/m1/s1. The van der Waals surface area contributed by atoms with E-state index in [0.29, 0.717) is 5.92 Å². The van der Waals surface area contributed by atoms with E-state index in [0.717, 1.165) is 31.5 Å². The topological polar surface area (TPSA) is 111 Å². The molecule has 1 aromatic rings. The number of rotatable bonds is 7. The van der Waals surface area contributed by atoms with Gasteiger partial charge in [0.05, 0.1) is 25.9 Å². The highest BCUT2D eigenvalue weighted by atomic mass is 32.2. The summed E-state index contributed by atoms with van der Waals surface area (Å²) < 4.78 is 62.3. The zero-order valence-electron chi connectivity index (χ0n) is 18.0. The first-order valence-electron chi connectivity index (χ1n) is 10.7. The number of sulfonamides is 1. The number of alkyl halides is 2. The zero-order valence-corrected chi connectivity index (χ0v) is 18.8. The molecular weight excluding hydrogens is 446 g/mol. The predicted octanol–water partition coefficient (Wildman–Crippen LogP) is 2.04. The predicted molar refractivity (Wildman–Crippen MR) is 109 cm³/mol. The molecule has 0 unspecified atom stereocenters. The second-order valence-corrected chi connectivity index (χ2v) is 10.6. The quantitative estimate of drug-likeness (QED) is 0.644. The molecule has 2 saturated carbocycles. The summed E-state index contributed by atoms with van der Waals surface area (Å²) in [5, 5.41) is 0. The van der Waals surface area contributed by atoms with E-state index >= 15 is 0 Å². The van der Waals surface area contributed by atoms with Gasteiger partial charge in [-0.1, -0.05) is 0 Å². The lowest BCUT2D eigenvalue weighted by molar-refractivity contribution is -0.0103. The van der Waals surface area contributed by atoms with Crippen molar-refractivity contribution < 1.29 is 31.5 Å². The molecule has 1 aliphatic heterocycles. The van der Waals surface area contributed by atoms with Gasteiger partial charge in [-0.15, -0.1) is 0 Å². The van der Waals surface area contributed by atoms with Crippen molar-refractivity contribution in [3.63, 3.8) is 0 Å². The Kier molecular flexibility index (Phi) is 6.38.